The Morgan fingerprint density at radius 3 is 2.45 bits per heavy atom. The summed E-state index contributed by atoms with van der Waals surface area (Å²) in [5, 5.41) is 9.36. The molecule has 1 saturated heterocycles. The van der Waals surface area contributed by atoms with E-state index in [2.05, 4.69) is 16.8 Å². The molecule has 1 aromatic carbocycles. The molecule has 1 fully saturated rings. The first-order valence-electron chi connectivity index (χ1n) is 10.3. The van der Waals surface area contributed by atoms with Crippen LogP contribution in [0.3, 0.4) is 0 Å². The van der Waals surface area contributed by atoms with Crippen molar-refractivity contribution in [3.63, 3.8) is 0 Å². The standard InChI is InChI=1S/C21H27N7O2S/c1-25(2)20-17-15-28(31(29,30)19-7-5-4-6-16(19)14-22)9-8-18(17)23-21(24-20)27-12-10-26(3)11-13-27/h4-7H,8-13,15H2,1-3H3. The Hall–Kier alpha value is -2.74. The van der Waals surface area contributed by atoms with E-state index in [0.29, 0.717) is 18.9 Å². The topological polar surface area (TPSA) is 96.7 Å². The number of hydrogen-bond donors (Lipinski definition) is 0. The number of aromatic nitrogens is 2. The highest BCUT2D eigenvalue weighted by molar-refractivity contribution is 7.89. The second-order valence-corrected chi connectivity index (χ2v) is 10.1. The predicted octanol–water partition coefficient (Wildman–Crippen LogP) is 0.913. The number of nitriles is 1. The summed E-state index contributed by atoms with van der Waals surface area (Å²) in [7, 11) is 2.12. The molecule has 0 aliphatic carbocycles. The van der Waals surface area contributed by atoms with E-state index >= 15 is 0 Å². The van der Waals surface area contributed by atoms with Crippen LogP contribution in [0.15, 0.2) is 29.2 Å². The van der Waals surface area contributed by atoms with Crippen molar-refractivity contribution in [2.75, 3.05) is 63.7 Å². The van der Waals surface area contributed by atoms with Crippen molar-refractivity contribution >= 4 is 21.8 Å². The fourth-order valence-corrected chi connectivity index (χ4v) is 5.56. The van der Waals surface area contributed by atoms with E-state index in [0.717, 1.165) is 43.3 Å². The average Bonchev–Trinajstić information content (AvgIpc) is 2.78. The molecule has 0 N–H and O–H groups in total. The molecule has 2 aliphatic heterocycles. The van der Waals surface area contributed by atoms with Crippen molar-refractivity contribution in [1.82, 2.24) is 19.2 Å². The van der Waals surface area contributed by atoms with Crippen LogP contribution in [0.2, 0.25) is 0 Å². The van der Waals surface area contributed by atoms with E-state index in [-0.39, 0.29) is 17.0 Å². The largest absolute Gasteiger partial charge is 0.362 e. The van der Waals surface area contributed by atoms with Crippen LogP contribution in [-0.2, 0) is 23.0 Å². The van der Waals surface area contributed by atoms with E-state index in [9.17, 15) is 13.7 Å². The molecule has 164 valence electrons. The number of fused-ring (bicyclic) bond motifs is 1. The molecule has 0 atom stereocenters. The first-order chi connectivity index (χ1) is 14.8. The normalized spacial score (nSPS) is 17.8. The maximum atomic E-state index is 13.3. The van der Waals surface area contributed by atoms with Gasteiger partial charge in [-0.2, -0.15) is 14.6 Å². The second kappa shape index (κ2) is 8.42. The average molecular weight is 442 g/mol. The third kappa shape index (κ3) is 4.08. The molecule has 10 heteroatoms. The van der Waals surface area contributed by atoms with Gasteiger partial charge in [-0.25, -0.2) is 13.4 Å². The lowest BCUT2D eigenvalue weighted by atomic mass is 10.1. The lowest BCUT2D eigenvalue weighted by Crippen LogP contribution is -2.45. The van der Waals surface area contributed by atoms with Gasteiger partial charge in [0.25, 0.3) is 0 Å². The quantitative estimate of drug-likeness (QED) is 0.691. The van der Waals surface area contributed by atoms with Gasteiger partial charge in [-0.1, -0.05) is 12.1 Å². The van der Waals surface area contributed by atoms with Crippen molar-refractivity contribution in [3.05, 3.63) is 41.1 Å². The summed E-state index contributed by atoms with van der Waals surface area (Å²) in [6.45, 7) is 4.17. The third-order valence-electron chi connectivity index (χ3n) is 5.83. The van der Waals surface area contributed by atoms with Crippen molar-refractivity contribution < 1.29 is 8.42 Å². The number of sulfonamides is 1. The summed E-state index contributed by atoms with van der Waals surface area (Å²) in [6.07, 6.45) is 0.507. The van der Waals surface area contributed by atoms with Crippen LogP contribution in [0, 0.1) is 11.3 Å². The molecule has 0 unspecified atom stereocenters. The van der Waals surface area contributed by atoms with Gasteiger partial charge >= 0.3 is 0 Å². The molecule has 0 bridgehead atoms. The van der Waals surface area contributed by atoms with Crippen molar-refractivity contribution in [2.45, 2.75) is 17.9 Å². The molecule has 2 aliphatic rings. The van der Waals surface area contributed by atoms with E-state index in [1.165, 1.54) is 16.4 Å². The van der Waals surface area contributed by atoms with E-state index in [1.807, 2.05) is 25.1 Å². The fourth-order valence-electron chi connectivity index (χ4n) is 4.01. The molecule has 1 aromatic heterocycles. The Morgan fingerprint density at radius 1 is 1.06 bits per heavy atom. The lowest BCUT2D eigenvalue weighted by molar-refractivity contribution is 0.310. The van der Waals surface area contributed by atoms with Gasteiger partial charge in [0.2, 0.25) is 16.0 Å². The van der Waals surface area contributed by atoms with Crippen LogP contribution >= 0.6 is 0 Å². The fraction of sp³-hybridized carbons (Fsp3) is 0.476. The van der Waals surface area contributed by atoms with Crippen molar-refractivity contribution in [1.29, 1.82) is 5.26 Å². The number of rotatable bonds is 4. The third-order valence-corrected chi connectivity index (χ3v) is 7.73. The minimum Gasteiger partial charge on any atom is -0.362 e. The Kier molecular flexibility index (Phi) is 5.83. The number of hydrogen-bond acceptors (Lipinski definition) is 8. The summed E-state index contributed by atoms with van der Waals surface area (Å²) < 4.78 is 28.0. The summed E-state index contributed by atoms with van der Waals surface area (Å²) >= 11 is 0. The van der Waals surface area contributed by atoms with E-state index < -0.39 is 10.0 Å². The summed E-state index contributed by atoms with van der Waals surface area (Å²) in [6, 6.07) is 8.32. The molecular formula is C21H27N7O2S. The van der Waals surface area contributed by atoms with Crippen LogP contribution < -0.4 is 9.80 Å². The van der Waals surface area contributed by atoms with Gasteiger partial charge in [0.15, 0.2) is 0 Å². The predicted molar refractivity (Wildman–Crippen MR) is 119 cm³/mol. The molecule has 3 heterocycles. The molecule has 0 saturated carbocycles. The van der Waals surface area contributed by atoms with Crippen LogP contribution in [-0.4, -0.2) is 81.5 Å². The monoisotopic (exact) mass is 441 g/mol. The van der Waals surface area contributed by atoms with E-state index in [4.69, 9.17) is 9.97 Å². The molecule has 0 spiro atoms. The maximum absolute atomic E-state index is 13.3. The SMILES string of the molecule is CN1CCN(c2nc3c(c(N(C)C)n2)CN(S(=O)(=O)c2ccccc2C#N)CC3)CC1. The number of benzene rings is 1. The molecule has 0 amide bonds. The minimum atomic E-state index is -3.81. The molecule has 2 aromatic rings. The highest BCUT2D eigenvalue weighted by Crippen LogP contribution is 2.31. The van der Waals surface area contributed by atoms with Gasteiger partial charge in [-0.05, 0) is 19.2 Å². The van der Waals surface area contributed by atoms with Crippen molar-refractivity contribution in [2.24, 2.45) is 0 Å². The van der Waals surface area contributed by atoms with Gasteiger partial charge in [0.05, 0.1) is 16.2 Å². The maximum Gasteiger partial charge on any atom is 0.244 e. The molecule has 31 heavy (non-hydrogen) atoms. The zero-order valence-electron chi connectivity index (χ0n) is 18.1. The van der Waals surface area contributed by atoms with Crippen LogP contribution in [0.4, 0.5) is 11.8 Å². The molecule has 4 rings (SSSR count). The van der Waals surface area contributed by atoms with Crippen LogP contribution in [0.5, 0.6) is 0 Å². The highest BCUT2D eigenvalue weighted by Gasteiger charge is 2.33. The number of piperazine rings is 1. The van der Waals surface area contributed by atoms with Crippen LogP contribution in [0.1, 0.15) is 16.8 Å². The van der Waals surface area contributed by atoms with Gasteiger partial charge in [0.1, 0.15) is 11.9 Å². The van der Waals surface area contributed by atoms with Gasteiger partial charge < -0.3 is 14.7 Å². The zero-order valence-corrected chi connectivity index (χ0v) is 18.9. The summed E-state index contributed by atoms with van der Waals surface area (Å²) in [5.74, 6) is 1.45. The van der Waals surface area contributed by atoms with E-state index in [1.54, 1.807) is 12.1 Å². The first kappa shape index (κ1) is 21.5. The van der Waals surface area contributed by atoms with Gasteiger partial charge in [-0.15, -0.1) is 0 Å². The summed E-state index contributed by atoms with van der Waals surface area (Å²) in [5.41, 5.74) is 1.88. The highest BCUT2D eigenvalue weighted by atomic mass is 32.2. The molecule has 9 nitrogen and oxygen atoms in total. The van der Waals surface area contributed by atoms with Crippen LogP contribution in [0.25, 0.3) is 0 Å². The number of likely N-dealkylation sites (N-methyl/N-ethyl adjacent to an activating group) is 1. The number of nitrogens with zero attached hydrogens (tertiary/aromatic N) is 7. The lowest BCUT2D eigenvalue weighted by Gasteiger charge is -2.35. The number of anilines is 2. The molecule has 0 radical (unpaired) electrons. The van der Waals surface area contributed by atoms with Crippen molar-refractivity contribution in [3.8, 4) is 6.07 Å². The summed E-state index contributed by atoms with van der Waals surface area (Å²) in [4.78, 5) is 16.1. The Bertz CT molecular complexity index is 1120. The first-order valence-corrected chi connectivity index (χ1v) is 11.7. The molecular weight excluding hydrogens is 414 g/mol. The van der Waals surface area contributed by atoms with Gasteiger partial charge in [0, 0.05) is 65.3 Å². The zero-order chi connectivity index (χ0) is 22.2. The minimum absolute atomic E-state index is 0.0438. The Labute approximate surface area is 183 Å². The Balaban J connectivity index is 1.68. The Morgan fingerprint density at radius 2 is 1.77 bits per heavy atom. The second-order valence-electron chi connectivity index (χ2n) is 8.15. The smallest absolute Gasteiger partial charge is 0.244 e. The van der Waals surface area contributed by atoms with Gasteiger partial charge in [-0.3, -0.25) is 0 Å².